The normalized spacial score (nSPS) is 49.9. The van der Waals surface area contributed by atoms with Crippen molar-refractivity contribution in [2.45, 2.75) is 273 Å². The van der Waals surface area contributed by atoms with E-state index < -0.39 is 309 Å². The molecular formula is C54H91N3O40. The molecule has 0 aromatic carbocycles. The lowest BCUT2D eigenvalue weighted by Crippen LogP contribution is -2.71. The van der Waals surface area contributed by atoms with Crippen LogP contribution in [0.25, 0.3) is 0 Å². The molecule has 0 saturated carbocycles. The number of hydrogen-bond donors (Lipinski definition) is 25. The molecule has 97 heavy (non-hydrogen) atoms. The van der Waals surface area contributed by atoms with Gasteiger partial charge in [-0.3, -0.25) is 14.4 Å². The Balaban J connectivity index is 1.09. The van der Waals surface area contributed by atoms with E-state index in [2.05, 4.69) is 16.0 Å². The van der Waals surface area contributed by atoms with Crippen molar-refractivity contribution in [2.75, 3.05) is 46.2 Å². The summed E-state index contributed by atoms with van der Waals surface area (Å²) in [5.41, 5.74) is 0. The molecule has 0 spiro atoms. The molecule has 8 aliphatic heterocycles. The van der Waals surface area contributed by atoms with Gasteiger partial charge in [-0.2, -0.15) is 0 Å². The summed E-state index contributed by atoms with van der Waals surface area (Å²) in [5.74, 6) is -2.64. The number of nitrogens with one attached hydrogen (secondary N) is 3. The molecule has 0 unspecified atom stereocenters. The minimum Gasteiger partial charge on any atom is -0.394 e. The standard InChI is InChI=1S/C54H91N3O40/c1-12-26(66)34(74)38(78)50(85-12)84-11-22-44(31(71)23(47(82)86-22)55-13(2)63)93-48-24(56-14(3)64)32(72)43(20(9-62)90-48)95-53-41(81)45(30(70)21(92-53)10-83-51-39(79)35(75)27(67)16(5-58)87-51)96-54-46(37(77)29(69)18(7-60)89-54)97-49-25(57-15(4)65)33(73)42(19(8-61)91-49)94-52-40(80)36(76)28(68)17(6-59)88-52/h12,16-54,58-62,66-82H,5-11H2,1-4H3,(H,55,63)(H,56,64)(H,57,65)/t12-,16-,17-,18-,19-,20-,21-,22-,23-,24-,25-,26+,27-,28+,29-,30-,31-,32-,33-,34+,35+,36+,37+,38-,39+,40-,41+,42-,43-,44-,45+,46+,47+,48-,49+,50+,51+,52+,53+,54-/m1/s1. The first-order valence-corrected chi connectivity index (χ1v) is 31.0. The third kappa shape index (κ3) is 17.6. The molecule has 0 bridgehead atoms. The van der Waals surface area contributed by atoms with Gasteiger partial charge in [-0.1, -0.05) is 0 Å². The van der Waals surface area contributed by atoms with E-state index in [1.165, 1.54) is 6.92 Å². The Morgan fingerprint density at radius 3 is 1.09 bits per heavy atom. The van der Waals surface area contributed by atoms with Crippen LogP contribution in [0.5, 0.6) is 0 Å². The van der Waals surface area contributed by atoms with Gasteiger partial charge in [-0.25, -0.2) is 0 Å². The molecule has 8 rings (SSSR count). The summed E-state index contributed by atoms with van der Waals surface area (Å²) in [6.45, 7) is -2.78. The van der Waals surface area contributed by atoms with E-state index in [-0.39, 0.29) is 0 Å². The van der Waals surface area contributed by atoms with Crippen molar-refractivity contribution in [3.8, 4) is 0 Å². The maximum Gasteiger partial charge on any atom is 0.217 e. The molecule has 3 amide bonds. The first-order chi connectivity index (χ1) is 45.8. The molecule has 8 saturated heterocycles. The Bertz CT molecular complexity index is 2490. The van der Waals surface area contributed by atoms with Gasteiger partial charge in [0.2, 0.25) is 17.7 Å². The molecule has 8 fully saturated rings. The minimum atomic E-state index is -2.47. The van der Waals surface area contributed by atoms with Crippen molar-refractivity contribution in [1.29, 1.82) is 0 Å². The second-order valence-corrected chi connectivity index (χ2v) is 24.6. The van der Waals surface area contributed by atoms with Crippen LogP contribution in [0.1, 0.15) is 27.7 Å². The number of hydrogen-bond acceptors (Lipinski definition) is 40. The zero-order valence-corrected chi connectivity index (χ0v) is 52.2. The summed E-state index contributed by atoms with van der Waals surface area (Å²) in [7, 11) is 0. The van der Waals surface area contributed by atoms with E-state index in [4.69, 9.17) is 71.1 Å². The highest BCUT2D eigenvalue weighted by molar-refractivity contribution is 5.74. The fourth-order valence-corrected chi connectivity index (χ4v) is 12.4. The van der Waals surface area contributed by atoms with E-state index in [9.17, 15) is 127 Å². The van der Waals surface area contributed by atoms with Gasteiger partial charge < -0.3 is 199 Å². The fraction of sp³-hybridized carbons (Fsp3) is 0.944. The average Bonchev–Trinajstić information content (AvgIpc) is 0.799. The van der Waals surface area contributed by atoms with Gasteiger partial charge >= 0.3 is 0 Å². The predicted octanol–water partition coefficient (Wildman–Crippen LogP) is -17.0. The molecule has 40 atom stereocenters. The van der Waals surface area contributed by atoms with Crippen molar-refractivity contribution in [3.05, 3.63) is 0 Å². The molecule has 8 heterocycles. The smallest absolute Gasteiger partial charge is 0.217 e. The monoisotopic (exact) mass is 1420 g/mol. The first kappa shape index (κ1) is 79.6. The molecule has 43 heteroatoms. The second kappa shape index (κ2) is 34.5. The number of aliphatic hydroxyl groups excluding tert-OH is 22. The van der Waals surface area contributed by atoms with Crippen LogP contribution in [0, 0.1) is 0 Å². The van der Waals surface area contributed by atoms with Crippen molar-refractivity contribution < 1.29 is 198 Å². The summed E-state index contributed by atoms with van der Waals surface area (Å²) < 4.78 is 87.7. The Labute approximate surface area is 549 Å². The van der Waals surface area contributed by atoms with Gasteiger partial charge in [0.25, 0.3) is 0 Å². The number of rotatable bonds is 24. The summed E-state index contributed by atoms with van der Waals surface area (Å²) >= 11 is 0. The highest BCUT2D eigenvalue weighted by atomic mass is 16.8. The van der Waals surface area contributed by atoms with E-state index in [1.807, 2.05) is 0 Å². The molecule has 8 aliphatic rings. The molecule has 0 aromatic heterocycles. The number of aliphatic hydroxyl groups is 22. The van der Waals surface area contributed by atoms with Gasteiger partial charge in [0, 0.05) is 20.8 Å². The van der Waals surface area contributed by atoms with E-state index >= 15 is 0 Å². The molecule has 0 aliphatic carbocycles. The first-order valence-electron chi connectivity index (χ1n) is 31.0. The number of ether oxygens (including phenoxy) is 15. The third-order valence-corrected chi connectivity index (χ3v) is 17.8. The Morgan fingerprint density at radius 1 is 0.289 bits per heavy atom. The maximum absolute atomic E-state index is 13.0. The van der Waals surface area contributed by atoms with Crippen LogP contribution in [-0.4, -0.2) is 422 Å². The number of carbonyl (C=O) groups is 3. The summed E-state index contributed by atoms with van der Waals surface area (Å²) in [5, 5.41) is 248. The molecule has 562 valence electrons. The van der Waals surface area contributed by atoms with Crippen molar-refractivity contribution in [3.63, 3.8) is 0 Å². The lowest BCUT2D eigenvalue weighted by Gasteiger charge is -2.51. The number of amides is 3. The molecular weight excluding hydrogens is 1330 g/mol. The summed E-state index contributed by atoms with van der Waals surface area (Å²) in [6, 6.07) is -5.49. The topological polar surface area (TPSA) is 671 Å². The Kier molecular flexibility index (Phi) is 28.3. The van der Waals surface area contributed by atoms with Crippen LogP contribution in [0.15, 0.2) is 0 Å². The zero-order chi connectivity index (χ0) is 71.5. The van der Waals surface area contributed by atoms with Gasteiger partial charge in [0.15, 0.2) is 50.3 Å². The summed E-state index contributed by atoms with van der Waals surface area (Å²) in [6.07, 6.45) is -73.0. The lowest BCUT2D eigenvalue weighted by molar-refractivity contribution is -0.397. The van der Waals surface area contributed by atoms with Crippen LogP contribution in [0.2, 0.25) is 0 Å². The van der Waals surface area contributed by atoms with Gasteiger partial charge in [-0.15, -0.1) is 0 Å². The average molecular weight is 1420 g/mol. The van der Waals surface area contributed by atoms with Crippen molar-refractivity contribution >= 4 is 17.7 Å². The van der Waals surface area contributed by atoms with Crippen LogP contribution in [0.4, 0.5) is 0 Å². The van der Waals surface area contributed by atoms with Crippen LogP contribution in [-0.2, 0) is 85.4 Å². The van der Waals surface area contributed by atoms with E-state index in [0.29, 0.717) is 0 Å². The molecule has 25 N–H and O–H groups in total. The van der Waals surface area contributed by atoms with E-state index in [1.54, 1.807) is 0 Å². The second-order valence-electron chi connectivity index (χ2n) is 24.6. The van der Waals surface area contributed by atoms with Crippen molar-refractivity contribution in [2.24, 2.45) is 0 Å². The van der Waals surface area contributed by atoms with Crippen LogP contribution >= 0.6 is 0 Å². The van der Waals surface area contributed by atoms with E-state index in [0.717, 1.165) is 20.8 Å². The Hall–Kier alpha value is -3.07. The predicted molar refractivity (Wildman–Crippen MR) is 298 cm³/mol. The van der Waals surface area contributed by atoms with Gasteiger partial charge in [0.05, 0.1) is 52.4 Å². The quantitative estimate of drug-likeness (QED) is 0.0427. The SMILES string of the molecule is CC(=O)N[C@@H]1[C@@H](O)[C@H](O[C@H]2O[C@H](CO)[C@@H](O[C@@H]3O[C@H](CO[C@H]4O[C@H](CO)[C@@H](O)[C@H](O)[C@@H]4O)[C@@H](O)[C@H](O[C@H]4O[C@H](CO)[C@@H](O)[C@H](O)[C@@H]4O[C@@H]4O[C@H](CO)[C@@H](O[C@@H]5O[C@H](CO)[C@H](O)[C@H](O)[C@H]5O)[C@H](O)[C@H]4NC(C)=O)[C@@H]3O)[C@H](O)[C@H]2NC(C)=O)[C@@H](CO[C@H]2O[C@H](C)[C@H](O)[C@H](O)[C@H]2O)O[C@@H]1O. The molecule has 43 nitrogen and oxygen atoms in total. The van der Waals surface area contributed by atoms with Crippen LogP contribution < -0.4 is 16.0 Å². The number of carbonyl (C=O) groups excluding carboxylic acids is 3. The molecule has 0 radical (unpaired) electrons. The largest absolute Gasteiger partial charge is 0.394 e. The van der Waals surface area contributed by atoms with Crippen molar-refractivity contribution in [1.82, 2.24) is 16.0 Å². The highest BCUT2D eigenvalue weighted by Crippen LogP contribution is 2.39. The third-order valence-electron chi connectivity index (χ3n) is 17.8. The zero-order valence-electron chi connectivity index (χ0n) is 52.2. The van der Waals surface area contributed by atoms with Gasteiger partial charge in [0.1, 0.15) is 189 Å². The summed E-state index contributed by atoms with van der Waals surface area (Å²) in [4.78, 5) is 38.1. The molecule has 0 aromatic rings. The Morgan fingerprint density at radius 2 is 0.619 bits per heavy atom. The lowest BCUT2D eigenvalue weighted by atomic mass is 9.93. The fourth-order valence-electron chi connectivity index (χ4n) is 12.4. The van der Waals surface area contributed by atoms with Gasteiger partial charge in [-0.05, 0) is 6.92 Å². The highest BCUT2D eigenvalue weighted by Gasteiger charge is 2.60. The maximum atomic E-state index is 13.0. The van der Waals surface area contributed by atoms with Crippen LogP contribution in [0.3, 0.4) is 0 Å². The minimum absolute atomic E-state index is 0.795.